The Morgan fingerprint density at radius 1 is 1.39 bits per heavy atom. The minimum Gasteiger partial charge on any atom is -0.487 e. The summed E-state index contributed by atoms with van der Waals surface area (Å²) in [5.74, 6) is -2.47. The summed E-state index contributed by atoms with van der Waals surface area (Å²) < 4.78 is 30.4. The highest BCUT2D eigenvalue weighted by atomic mass is 35.5. The maximum Gasteiger partial charge on any atom is 0.278 e. The van der Waals surface area contributed by atoms with Gasteiger partial charge in [-0.05, 0) is 24.6 Å². The van der Waals surface area contributed by atoms with Gasteiger partial charge in [0.05, 0.1) is 0 Å². The van der Waals surface area contributed by atoms with Crippen molar-refractivity contribution in [3.05, 3.63) is 29.3 Å². The number of nitrogens with two attached hydrogens (primary N) is 2. The number of hydrogen-bond donors (Lipinski definition) is 2. The van der Waals surface area contributed by atoms with Gasteiger partial charge in [-0.1, -0.05) is 6.07 Å². The number of hydrogen-bond acceptors (Lipinski definition) is 3. The largest absolute Gasteiger partial charge is 0.487 e. The van der Waals surface area contributed by atoms with Gasteiger partial charge in [-0.25, -0.2) is 8.78 Å². The van der Waals surface area contributed by atoms with E-state index in [1.165, 1.54) is 0 Å². The summed E-state index contributed by atoms with van der Waals surface area (Å²) in [5, 5.41) is 0. The summed E-state index contributed by atoms with van der Waals surface area (Å²) in [4.78, 5) is 0. The number of rotatable bonds is 5. The van der Waals surface area contributed by atoms with Gasteiger partial charge in [-0.3, -0.25) is 0 Å². The SMILES string of the molecule is CC(N)c1ccc(OCC(C)(F)F)c(CN)c1.Cl. The molecule has 0 spiro atoms. The third kappa shape index (κ3) is 5.16. The Labute approximate surface area is 112 Å². The molecular formula is C12H19ClF2N2O. The number of benzene rings is 1. The number of halogens is 3. The Morgan fingerprint density at radius 2 is 2.00 bits per heavy atom. The van der Waals surface area contributed by atoms with Crippen LogP contribution in [0.25, 0.3) is 0 Å². The molecule has 1 aromatic carbocycles. The van der Waals surface area contributed by atoms with Crippen LogP contribution in [0.2, 0.25) is 0 Å². The van der Waals surface area contributed by atoms with Gasteiger partial charge in [0, 0.05) is 25.1 Å². The van der Waals surface area contributed by atoms with Gasteiger partial charge in [0.25, 0.3) is 5.92 Å². The van der Waals surface area contributed by atoms with Gasteiger partial charge in [0.2, 0.25) is 0 Å². The van der Waals surface area contributed by atoms with Gasteiger partial charge in [-0.15, -0.1) is 12.4 Å². The van der Waals surface area contributed by atoms with Gasteiger partial charge in [0.1, 0.15) is 5.75 Å². The van der Waals surface area contributed by atoms with E-state index in [2.05, 4.69) is 0 Å². The lowest BCUT2D eigenvalue weighted by Crippen LogP contribution is -2.21. The monoisotopic (exact) mass is 280 g/mol. The molecule has 0 heterocycles. The van der Waals surface area contributed by atoms with E-state index in [0.717, 1.165) is 12.5 Å². The summed E-state index contributed by atoms with van der Waals surface area (Å²) in [6, 6.07) is 5.05. The van der Waals surface area contributed by atoms with E-state index in [4.69, 9.17) is 16.2 Å². The van der Waals surface area contributed by atoms with Crippen LogP contribution in [0.15, 0.2) is 18.2 Å². The molecule has 18 heavy (non-hydrogen) atoms. The number of alkyl halides is 2. The molecule has 0 radical (unpaired) electrons. The summed E-state index contributed by atoms with van der Waals surface area (Å²) in [7, 11) is 0. The average molecular weight is 281 g/mol. The molecule has 0 aliphatic rings. The van der Waals surface area contributed by atoms with Crippen LogP contribution in [0.1, 0.15) is 31.0 Å². The van der Waals surface area contributed by atoms with Crippen molar-refractivity contribution in [3.8, 4) is 5.75 Å². The van der Waals surface area contributed by atoms with Crippen molar-refractivity contribution in [2.24, 2.45) is 11.5 Å². The lowest BCUT2D eigenvalue weighted by molar-refractivity contribution is -0.0232. The Kier molecular flexibility index (Phi) is 6.52. The topological polar surface area (TPSA) is 61.3 Å². The zero-order valence-electron chi connectivity index (χ0n) is 10.5. The van der Waals surface area contributed by atoms with E-state index in [0.29, 0.717) is 11.3 Å². The molecule has 1 aromatic rings. The van der Waals surface area contributed by atoms with Gasteiger partial charge in [-0.2, -0.15) is 0 Å². The first-order chi connectivity index (χ1) is 7.83. The first kappa shape index (κ1) is 17.1. The molecule has 1 unspecified atom stereocenters. The summed E-state index contributed by atoms with van der Waals surface area (Å²) in [5.41, 5.74) is 12.9. The molecule has 0 aliphatic heterocycles. The minimum atomic E-state index is -2.86. The number of ether oxygens (including phenoxy) is 1. The van der Waals surface area contributed by atoms with Gasteiger partial charge >= 0.3 is 0 Å². The second kappa shape index (κ2) is 6.87. The fourth-order valence-corrected chi connectivity index (χ4v) is 1.39. The van der Waals surface area contributed by atoms with E-state index in [1.54, 1.807) is 18.2 Å². The molecule has 0 fully saturated rings. The van der Waals surface area contributed by atoms with Crippen LogP contribution >= 0.6 is 12.4 Å². The molecule has 0 saturated carbocycles. The molecule has 6 heteroatoms. The second-order valence-electron chi connectivity index (χ2n) is 4.22. The van der Waals surface area contributed by atoms with E-state index in [1.807, 2.05) is 6.92 Å². The van der Waals surface area contributed by atoms with Crippen LogP contribution in [0.5, 0.6) is 5.75 Å². The first-order valence-electron chi connectivity index (χ1n) is 5.42. The molecule has 1 rings (SSSR count). The van der Waals surface area contributed by atoms with E-state index in [9.17, 15) is 8.78 Å². The van der Waals surface area contributed by atoms with Crippen molar-refractivity contribution >= 4 is 12.4 Å². The maximum absolute atomic E-state index is 12.7. The Bertz CT molecular complexity index is 381. The fraction of sp³-hybridized carbons (Fsp3) is 0.500. The molecule has 0 bridgehead atoms. The van der Waals surface area contributed by atoms with Crippen molar-refractivity contribution < 1.29 is 13.5 Å². The molecule has 3 nitrogen and oxygen atoms in total. The van der Waals surface area contributed by atoms with E-state index >= 15 is 0 Å². The van der Waals surface area contributed by atoms with Gasteiger partial charge in [0.15, 0.2) is 6.61 Å². The Hall–Kier alpha value is -0.910. The molecule has 1 atom stereocenters. The van der Waals surface area contributed by atoms with Crippen LogP contribution in [0, 0.1) is 0 Å². The normalized spacial score (nSPS) is 12.8. The zero-order chi connectivity index (χ0) is 13.1. The minimum absolute atomic E-state index is 0. The Morgan fingerprint density at radius 3 is 2.44 bits per heavy atom. The van der Waals surface area contributed by atoms with Crippen LogP contribution in [0.3, 0.4) is 0 Å². The van der Waals surface area contributed by atoms with Crippen LogP contribution in [-0.4, -0.2) is 12.5 Å². The van der Waals surface area contributed by atoms with Crippen LogP contribution < -0.4 is 16.2 Å². The highest BCUT2D eigenvalue weighted by Gasteiger charge is 2.22. The summed E-state index contributed by atoms with van der Waals surface area (Å²) >= 11 is 0. The lowest BCUT2D eigenvalue weighted by atomic mass is 10.0. The smallest absolute Gasteiger partial charge is 0.278 e. The molecule has 0 amide bonds. The third-order valence-corrected chi connectivity index (χ3v) is 2.31. The molecule has 0 aliphatic carbocycles. The molecule has 0 aromatic heterocycles. The first-order valence-corrected chi connectivity index (χ1v) is 5.42. The Balaban J connectivity index is 0.00000289. The van der Waals surface area contributed by atoms with Crippen molar-refractivity contribution in [1.29, 1.82) is 0 Å². The van der Waals surface area contributed by atoms with Crippen LogP contribution in [-0.2, 0) is 6.54 Å². The summed E-state index contributed by atoms with van der Waals surface area (Å²) in [6.07, 6.45) is 0. The van der Waals surface area contributed by atoms with Crippen molar-refractivity contribution in [3.63, 3.8) is 0 Å². The predicted molar refractivity (Wildman–Crippen MR) is 70.3 cm³/mol. The molecule has 0 saturated heterocycles. The van der Waals surface area contributed by atoms with Crippen LogP contribution in [0.4, 0.5) is 8.78 Å². The lowest BCUT2D eigenvalue weighted by Gasteiger charge is -2.16. The third-order valence-electron chi connectivity index (χ3n) is 2.31. The van der Waals surface area contributed by atoms with Crippen molar-refractivity contribution in [1.82, 2.24) is 0 Å². The fourth-order valence-electron chi connectivity index (χ4n) is 1.39. The molecular weight excluding hydrogens is 262 g/mol. The quantitative estimate of drug-likeness (QED) is 0.871. The van der Waals surface area contributed by atoms with Gasteiger partial charge < -0.3 is 16.2 Å². The van der Waals surface area contributed by atoms with E-state index in [-0.39, 0.29) is 25.0 Å². The zero-order valence-corrected chi connectivity index (χ0v) is 11.3. The van der Waals surface area contributed by atoms with Crippen molar-refractivity contribution in [2.45, 2.75) is 32.4 Å². The standard InChI is InChI=1S/C12H18F2N2O.ClH/c1-8(16)9-3-4-11(10(5-9)6-15)17-7-12(2,13)14;/h3-5,8H,6-7,15-16H2,1-2H3;1H. The average Bonchev–Trinajstić information content (AvgIpc) is 2.24. The highest BCUT2D eigenvalue weighted by Crippen LogP contribution is 2.24. The van der Waals surface area contributed by atoms with E-state index < -0.39 is 12.5 Å². The second-order valence-corrected chi connectivity index (χ2v) is 4.22. The predicted octanol–water partition coefficient (Wildman–Crippen LogP) is 2.62. The van der Waals surface area contributed by atoms with Crippen molar-refractivity contribution in [2.75, 3.05) is 6.61 Å². The highest BCUT2D eigenvalue weighted by molar-refractivity contribution is 5.85. The molecule has 104 valence electrons. The molecule has 4 N–H and O–H groups in total. The summed E-state index contributed by atoms with van der Waals surface area (Å²) in [6.45, 7) is 2.23. The maximum atomic E-state index is 12.7.